The van der Waals surface area contributed by atoms with Crippen LogP contribution in [0.2, 0.25) is 0 Å². The Balaban J connectivity index is 2.06. The zero-order chi connectivity index (χ0) is 15.4. The summed E-state index contributed by atoms with van der Waals surface area (Å²) in [4.78, 5) is 28.4. The summed E-state index contributed by atoms with van der Waals surface area (Å²) < 4.78 is 4.59. The Kier molecular flexibility index (Phi) is 5.08. The number of thiazole rings is 1. The van der Waals surface area contributed by atoms with E-state index >= 15 is 0 Å². The molecular weight excluding hydrogens is 308 g/mol. The van der Waals surface area contributed by atoms with Gasteiger partial charge in [0.15, 0.2) is 5.13 Å². The van der Waals surface area contributed by atoms with E-state index in [4.69, 9.17) is 0 Å². The van der Waals surface area contributed by atoms with Crippen molar-refractivity contribution in [3.63, 3.8) is 0 Å². The second-order valence-electron chi connectivity index (χ2n) is 4.71. The molecule has 5 nitrogen and oxygen atoms in total. The third-order valence-electron chi connectivity index (χ3n) is 2.85. The number of hydrogen-bond donors (Lipinski definition) is 1. The summed E-state index contributed by atoms with van der Waals surface area (Å²) in [6, 6.07) is 1.97. The number of anilines is 1. The third-order valence-corrected chi connectivity index (χ3v) is 4.58. The van der Waals surface area contributed by atoms with Gasteiger partial charge < -0.3 is 4.74 Å². The van der Waals surface area contributed by atoms with Crippen molar-refractivity contribution in [1.82, 2.24) is 4.98 Å². The molecule has 1 N–H and O–H groups in total. The summed E-state index contributed by atoms with van der Waals surface area (Å²) in [6.07, 6.45) is 0.110. The van der Waals surface area contributed by atoms with E-state index < -0.39 is 0 Å². The quantitative estimate of drug-likeness (QED) is 0.857. The molecule has 2 heterocycles. The van der Waals surface area contributed by atoms with Crippen molar-refractivity contribution in [2.45, 2.75) is 26.2 Å². The lowest BCUT2D eigenvalue weighted by atomic mass is 10.0. The van der Waals surface area contributed by atoms with Gasteiger partial charge >= 0.3 is 5.97 Å². The first-order chi connectivity index (χ1) is 10.0. The van der Waals surface area contributed by atoms with Crippen molar-refractivity contribution in [1.29, 1.82) is 0 Å². The number of esters is 1. The number of aromatic nitrogens is 1. The van der Waals surface area contributed by atoms with Gasteiger partial charge in [-0.05, 0) is 22.9 Å². The lowest BCUT2D eigenvalue weighted by Gasteiger charge is -2.06. The van der Waals surface area contributed by atoms with Crippen molar-refractivity contribution in [2.24, 2.45) is 0 Å². The molecule has 2 aromatic heterocycles. The fourth-order valence-corrected chi connectivity index (χ4v) is 3.43. The predicted octanol–water partition coefficient (Wildman–Crippen LogP) is 3.30. The van der Waals surface area contributed by atoms with Crippen LogP contribution in [-0.2, 0) is 16.0 Å². The van der Waals surface area contributed by atoms with E-state index in [1.165, 1.54) is 29.8 Å². The molecule has 0 atom stereocenters. The maximum Gasteiger partial charge on any atom is 0.311 e. The lowest BCUT2D eigenvalue weighted by Crippen LogP contribution is -2.12. The molecule has 1 amide bonds. The number of carbonyl (C=O) groups is 2. The van der Waals surface area contributed by atoms with Gasteiger partial charge in [-0.1, -0.05) is 13.8 Å². The molecule has 0 aliphatic rings. The predicted molar refractivity (Wildman–Crippen MR) is 84.2 cm³/mol. The van der Waals surface area contributed by atoms with Gasteiger partial charge in [-0.25, -0.2) is 4.98 Å². The van der Waals surface area contributed by atoms with Crippen molar-refractivity contribution >= 4 is 39.7 Å². The number of methoxy groups -OCH3 is 1. The molecule has 0 saturated carbocycles. The van der Waals surface area contributed by atoms with Crippen LogP contribution in [0.3, 0.4) is 0 Å². The third kappa shape index (κ3) is 3.89. The minimum atomic E-state index is -0.349. The molecule has 0 unspecified atom stereocenters. The summed E-state index contributed by atoms with van der Waals surface area (Å²) in [5.41, 5.74) is 1.63. The number of carbonyl (C=O) groups excluding carboxylic acids is 2. The topological polar surface area (TPSA) is 68.3 Å². The molecule has 2 aromatic rings. The van der Waals surface area contributed by atoms with Crippen LogP contribution in [0.25, 0.3) is 0 Å². The van der Waals surface area contributed by atoms with E-state index in [9.17, 15) is 9.59 Å². The van der Waals surface area contributed by atoms with Crippen LogP contribution >= 0.6 is 22.7 Å². The van der Waals surface area contributed by atoms with Crippen LogP contribution in [0.5, 0.6) is 0 Å². The summed E-state index contributed by atoms with van der Waals surface area (Å²) in [7, 11) is 1.33. The maximum absolute atomic E-state index is 12.3. The van der Waals surface area contributed by atoms with Crippen LogP contribution in [-0.4, -0.2) is 24.0 Å². The Labute approximate surface area is 131 Å². The first-order valence-corrected chi connectivity index (χ1v) is 8.17. The summed E-state index contributed by atoms with van der Waals surface area (Å²) in [5, 5.41) is 6.92. The zero-order valence-electron chi connectivity index (χ0n) is 12.0. The van der Waals surface area contributed by atoms with Crippen LogP contribution in [0.15, 0.2) is 16.8 Å². The summed E-state index contributed by atoms with van der Waals surface area (Å²) >= 11 is 2.71. The Morgan fingerprint density at radius 2 is 2.14 bits per heavy atom. The largest absolute Gasteiger partial charge is 0.469 e. The molecule has 112 valence electrons. The molecule has 0 bridgehead atoms. The molecule has 0 radical (unpaired) electrons. The number of ether oxygens (including phenoxy) is 1. The highest BCUT2D eigenvalue weighted by Crippen LogP contribution is 2.26. The SMILES string of the molecule is COC(=O)Cc1csc(NC(=O)c2sccc2C(C)C)n1. The highest BCUT2D eigenvalue weighted by atomic mass is 32.1. The molecule has 0 aliphatic carbocycles. The van der Waals surface area contributed by atoms with E-state index in [0.29, 0.717) is 21.6 Å². The maximum atomic E-state index is 12.3. The van der Waals surface area contributed by atoms with Gasteiger partial charge in [0.2, 0.25) is 0 Å². The van der Waals surface area contributed by atoms with Crippen molar-refractivity contribution in [3.8, 4) is 0 Å². The second kappa shape index (κ2) is 6.82. The number of amides is 1. The first kappa shape index (κ1) is 15.7. The van der Waals surface area contributed by atoms with Gasteiger partial charge in [0.25, 0.3) is 5.91 Å². The monoisotopic (exact) mass is 324 g/mol. The number of thiophene rings is 1. The van der Waals surface area contributed by atoms with E-state index in [2.05, 4.69) is 28.9 Å². The molecule has 0 aliphatic heterocycles. The number of rotatable bonds is 5. The minimum absolute atomic E-state index is 0.110. The highest BCUT2D eigenvalue weighted by Gasteiger charge is 2.17. The fourth-order valence-electron chi connectivity index (χ4n) is 1.78. The zero-order valence-corrected chi connectivity index (χ0v) is 13.6. The Hall–Kier alpha value is -1.73. The van der Waals surface area contributed by atoms with Crippen molar-refractivity contribution in [2.75, 3.05) is 12.4 Å². The Morgan fingerprint density at radius 3 is 2.81 bits per heavy atom. The molecule has 0 aromatic carbocycles. The molecule has 0 spiro atoms. The standard InChI is InChI=1S/C14H16N2O3S2/c1-8(2)10-4-5-20-12(10)13(18)16-14-15-9(7-21-14)6-11(17)19-3/h4-5,7-8H,6H2,1-3H3,(H,15,16,18). The smallest absolute Gasteiger partial charge is 0.311 e. The van der Waals surface area contributed by atoms with Crippen LogP contribution in [0.1, 0.15) is 40.7 Å². The second-order valence-corrected chi connectivity index (χ2v) is 6.49. The average Bonchev–Trinajstić information content (AvgIpc) is 3.07. The molecule has 0 fully saturated rings. The number of nitrogens with zero attached hydrogens (tertiary/aromatic N) is 1. The van der Waals surface area contributed by atoms with Gasteiger partial charge in [0.1, 0.15) is 0 Å². The van der Waals surface area contributed by atoms with Crippen LogP contribution < -0.4 is 5.32 Å². The van der Waals surface area contributed by atoms with E-state index in [1.54, 1.807) is 5.38 Å². The Bertz CT molecular complexity index is 646. The molecular formula is C14H16N2O3S2. The number of hydrogen-bond acceptors (Lipinski definition) is 6. The van der Waals surface area contributed by atoms with E-state index in [1.807, 2.05) is 11.4 Å². The van der Waals surface area contributed by atoms with Gasteiger partial charge in [-0.3, -0.25) is 14.9 Å². The van der Waals surface area contributed by atoms with Gasteiger partial charge in [-0.2, -0.15) is 0 Å². The molecule has 21 heavy (non-hydrogen) atoms. The van der Waals surface area contributed by atoms with Crippen LogP contribution in [0, 0.1) is 0 Å². The lowest BCUT2D eigenvalue weighted by molar-refractivity contribution is -0.139. The summed E-state index contributed by atoms with van der Waals surface area (Å²) in [5.74, 6) is -0.214. The minimum Gasteiger partial charge on any atom is -0.469 e. The normalized spacial score (nSPS) is 10.7. The number of nitrogens with one attached hydrogen (secondary N) is 1. The van der Waals surface area contributed by atoms with Crippen molar-refractivity contribution < 1.29 is 14.3 Å². The average molecular weight is 324 g/mol. The van der Waals surface area contributed by atoms with Crippen LogP contribution in [0.4, 0.5) is 5.13 Å². The van der Waals surface area contributed by atoms with Gasteiger partial charge in [0, 0.05) is 5.38 Å². The summed E-state index contributed by atoms with van der Waals surface area (Å²) in [6.45, 7) is 4.10. The molecule has 0 saturated heterocycles. The Morgan fingerprint density at radius 1 is 1.38 bits per heavy atom. The van der Waals surface area contributed by atoms with Gasteiger partial charge in [-0.15, -0.1) is 22.7 Å². The van der Waals surface area contributed by atoms with E-state index in [0.717, 1.165) is 5.56 Å². The molecule has 7 heteroatoms. The fraction of sp³-hybridized carbons (Fsp3) is 0.357. The van der Waals surface area contributed by atoms with E-state index in [-0.39, 0.29) is 18.3 Å². The van der Waals surface area contributed by atoms with Gasteiger partial charge in [0.05, 0.1) is 24.1 Å². The van der Waals surface area contributed by atoms with Crippen molar-refractivity contribution in [3.05, 3.63) is 33.0 Å². The highest BCUT2D eigenvalue weighted by molar-refractivity contribution is 7.14. The molecule has 2 rings (SSSR count). The first-order valence-electron chi connectivity index (χ1n) is 6.41.